The maximum Gasteiger partial charge on any atom is 0.267 e. The van der Waals surface area contributed by atoms with Gasteiger partial charge in [0.15, 0.2) is 0 Å². The van der Waals surface area contributed by atoms with Gasteiger partial charge in [-0.3, -0.25) is 14.5 Å². The number of fused-ring (bicyclic) bond motifs is 1. The second-order valence-electron chi connectivity index (χ2n) is 6.30. The lowest BCUT2D eigenvalue weighted by Gasteiger charge is -2.14. The maximum atomic E-state index is 13.1. The Bertz CT molecular complexity index is 1050. The molecule has 0 bridgehead atoms. The molecule has 8 heteroatoms. The van der Waals surface area contributed by atoms with Crippen LogP contribution in [0.25, 0.3) is 5.57 Å². The molecule has 0 atom stereocenters. The van der Waals surface area contributed by atoms with Crippen LogP contribution in [0.1, 0.15) is 18.1 Å². The minimum Gasteiger partial charge on any atom is -0.308 e. The van der Waals surface area contributed by atoms with Gasteiger partial charge < -0.3 is 4.90 Å². The zero-order valence-electron chi connectivity index (χ0n) is 14.7. The number of thiocarbonyl (C=S) groups is 1. The van der Waals surface area contributed by atoms with E-state index in [2.05, 4.69) is 15.9 Å². The van der Waals surface area contributed by atoms with E-state index >= 15 is 0 Å². The van der Waals surface area contributed by atoms with Gasteiger partial charge in [-0.15, -0.1) is 0 Å². The molecule has 2 amide bonds. The van der Waals surface area contributed by atoms with Crippen molar-refractivity contribution in [2.24, 2.45) is 0 Å². The van der Waals surface area contributed by atoms with Gasteiger partial charge in [0.05, 0.1) is 22.7 Å². The predicted molar refractivity (Wildman–Crippen MR) is 116 cm³/mol. The molecule has 2 aromatic carbocycles. The van der Waals surface area contributed by atoms with Crippen LogP contribution in [0.15, 0.2) is 51.8 Å². The SMILES string of the molecule is CCN1C(=O)/C(=C2\SC(=S)N(Cc3ccc(F)cc3)C2=O)c2cc(Br)ccc21. The number of nitrogens with zero attached hydrogens (tertiary/aromatic N) is 2. The Labute approximate surface area is 179 Å². The minimum atomic E-state index is -0.338. The van der Waals surface area contributed by atoms with Crippen molar-refractivity contribution in [1.82, 2.24) is 4.90 Å². The first-order valence-electron chi connectivity index (χ1n) is 8.55. The number of hydrogen-bond donors (Lipinski definition) is 0. The van der Waals surface area contributed by atoms with Crippen LogP contribution in [0.3, 0.4) is 0 Å². The van der Waals surface area contributed by atoms with E-state index in [-0.39, 0.29) is 24.2 Å². The molecule has 2 aliphatic heterocycles. The third-order valence-electron chi connectivity index (χ3n) is 4.62. The van der Waals surface area contributed by atoms with Crippen LogP contribution in [0.2, 0.25) is 0 Å². The number of halogens is 2. The van der Waals surface area contributed by atoms with Crippen LogP contribution in [0.4, 0.5) is 10.1 Å². The van der Waals surface area contributed by atoms with Gasteiger partial charge in [-0.05, 0) is 42.8 Å². The van der Waals surface area contributed by atoms with Gasteiger partial charge in [-0.1, -0.05) is 52.0 Å². The number of likely N-dealkylation sites (N-methyl/N-ethyl adjacent to an activating group) is 1. The first-order chi connectivity index (χ1) is 13.4. The molecule has 0 aliphatic carbocycles. The van der Waals surface area contributed by atoms with Gasteiger partial charge >= 0.3 is 0 Å². The van der Waals surface area contributed by atoms with E-state index < -0.39 is 0 Å². The van der Waals surface area contributed by atoms with Gasteiger partial charge in [0.1, 0.15) is 10.1 Å². The third-order valence-corrected chi connectivity index (χ3v) is 6.57. The molecule has 2 aliphatic rings. The number of carbonyl (C=O) groups is 2. The maximum absolute atomic E-state index is 13.1. The fraction of sp³-hybridized carbons (Fsp3) is 0.150. The van der Waals surface area contributed by atoms with Crippen molar-refractivity contribution < 1.29 is 14.0 Å². The molecule has 0 radical (unpaired) electrons. The van der Waals surface area contributed by atoms with Crippen molar-refractivity contribution in [2.75, 3.05) is 11.4 Å². The van der Waals surface area contributed by atoms with Crippen molar-refractivity contribution in [3.63, 3.8) is 0 Å². The second kappa shape index (κ2) is 7.42. The molecule has 1 saturated heterocycles. The first kappa shape index (κ1) is 19.3. The number of benzene rings is 2. The third kappa shape index (κ3) is 3.19. The molecule has 0 aromatic heterocycles. The molecule has 2 heterocycles. The lowest BCUT2D eigenvalue weighted by Crippen LogP contribution is -2.29. The second-order valence-corrected chi connectivity index (χ2v) is 8.86. The summed E-state index contributed by atoms with van der Waals surface area (Å²) < 4.78 is 14.4. The first-order valence-corrected chi connectivity index (χ1v) is 10.6. The van der Waals surface area contributed by atoms with E-state index in [1.807, 2.05) is 25.1 Å². The van der Waals surface area contributed by atoms with Crippen molar-refractivity contribution in [1.29, 1.82) is 0 Å². The molecular formula is C20H14BrFN2O2S2. The Morgan fingerprint density at radius 3 is 2.46 bits per heavy atom. The number of thioether (sulfide) groups is 1. The van der Waals surface area contributed by atoms with Crippen LogP contribution >= 0.6 is 39.9 Å². The summed E-state index contributed by atoms with van der Waals surface area (Å²) in [6.45, 7) is 2.64. The molecule has 142 valence electrons. The molecule has 4 rings (SSSR count). The summed E-state index contributed by atoms with van der Waals surface area (Å²) in [4.78, 5) is 29.6. The van der Waals surface area contributed by atoms with Gasteiger partial charge in [0.25, 0.3) is 11.8 Å². The highest BCUT2D eigenvalue weighted by atomic mass is 79.9. The zero-order valence-corrected chi connectivity index (χ0v) is 18.0. The average Bonchev–Trinajstić information content (AvgIpc) is 3.09. The van der Waals surface area contributed by atoms with Crippen molar-refractivity contribution in [3.8, 4) is 0 Å². The van der Waals surface area contributed by atoms with E-state index in [1.54, 1.807) is 17.0 Å². The van der Waals surface area contributed by atoms with Crippen LogP contribution < -0.4 is 4.90 Å². The molecule has 0 unspecified atom stereocenters. The van der Waals surface area contributed by atoms with E-state index in [0.29, 0.717) is 21.3 Å². The zero-order chi connectivity index (χ0) is 20.0. The fourth-order valence-electron chi connectivity index (χ4n) is 3.30. The van der Waals surface area contributed by atoms with Crippen LogP contribution in [0.5, 0.6) is 0 Å². The quantitative estimate of drug-likeness (QED) is 0.474. The highest BCUT2D eigenvalue weighted by Gasteiger charge is 2.41. The molecule has 0 N–H and O–H groups in total. The predicted octanol–water partition coefficient (Wildman–Crippen LogP) is 4.73. The van der Waals surface area contributed by atoms with Crippen LogP contribution in [-0.4, -0.2) is 27.6 Å². The Kier molecular flexibility index (Phi) is 5.11. The Morgan fingerprint density at radius 1 is 1.07 bits per heavy atom. The standard InChI is InChI=1S/C20H14BrFN2O2S2/c1-2-23-15-8-5-12(21)9-14(15)16(18(23)25)17-19(26)24(20(27)28-17)10-11-3-6-13(22)7-4-11/h3-9H,2,10H2,1H3/b17-16-. The van der Waals surface area contributed by atoms with Crippen molar-refractivity contribution >= 4 is 67.3 Å². The van der Waals surface area contributed by atoms with E-state index in [9.17, 15) is 14.0 Å². The van der Waals surface area contributed by atoms with E-state index in [1.165, 1.54) is 17.0 Å². The summed E-state index contributed by atoms with van der Waals surface area (Å²) in [5, 5.41) is 0. The number of carbonyl (C=O) groups excluding carboxylic acids is 2. The Hall–Kier alpha value is -2.03. The summed E-state index contributed by atoms with van der Waals surface area (Å²) in [5.74, 6) is -0.834. The minimum absolute atomic E-state index is 0.196. The Balaban J connectivity index is 1.75. The smallest absolute Gasteiger partial charge is 0.267 e. The number of hydrogen-bond acceptors (Lipinski definition) is 4. The van der Waals surface area contributed by atoms with E-state index in [0.717, 1.165) is 33.0 Å². The summed E-state index contributed by atoms with van der Waals surface area (Å²) in [6, 6.07) is 11.5. The molecular weight excluding hydrogens is 463 g/mol. The summed E-state index contributed by atoms with van der Waals surface area (Å²) in [6.07, 6.45) is 0. The van der Waals surface area contributed by atoms with Gasteiger partial charge in [-0.25, -0.2) is 4.39 Å². The summed E-state index contributed by atoms with van der Waals surface area (Å²) >= 11 is 9.98. The van der Waals surface area contributed by atoms with Crippen LogP contribution in [-0.2, 0) is 16.1 Å². The number of rotatable bonds is 3. The van der Waals surface area contributed by atoms with Gasteiger partial charge in [0.2, 0.25) is 0 Å². The number of amides is 2. The molecule has 1 fully saturated rings. The molecule has 0 saturated carbocycles. The topological polar surface area (TPSA) is 40.6 Å². The highest BCUT2D eigenvalue weighted by molar-refractivity contribution is 9.10. The largest absolute Gasteiger partial charge is 0.308 e. The normalized spacial score (nSPS) is 19.0. The van der Waals surface area contributed by atoms with Gasteiger partial charge in [-0.2, -0.15) is 0 Å². The fourth-order valence-corrected chi connectivity index (χ4v) is 4.98. The lowest BCUT2D eigenvalue weighted by molar-refractivity contribution is -0.122. The summed E-state index contributed by atoms with van der Waals surface area (Å²) in [7, 11) is 0. The average molecular weight is 477 g/mol. The highest BCUT2D eigenvalue weighted by Crippen LogP contribution is 2.45. The lowest BCUT2D eigenvalue weighted by atomic mass is 10.1. The summed E-state index contributed by atoms with van der Waals surface area (Å²) in [5.41, 5.74) is 2.66. The monoisotopic (exact) mass is 476 g/mol. The molecule has 4 nitrogen and oxygen atoms in total. The number of anilines is 1. The van der Waals surface area contributed by atoms with Crippen LogP contribution in [0, 0.1) is 5.82 Å². The molecule has 2 aromatic rings. The van der Waals surface area contributed by atoms with E-state index in [4.69, 9.17) is 12.2 Å². The molecule has 0 spiro atoms. The Morgan fingerprint density at radius 2 is 1.79 bits per heavy atom. The van der Waals surface area contributed by atoms with Gasteiger partial charge in [0, 0.05) is 16.6 Å². The molecule has 28 heavy (non-hydrogen) atoms. The van der Waals surface area contributed by atoms with Crippen molar-refractivity contribution in [3.05, 3.63) is 68.8 Å². The van der Waals surface area contributed by atoms with Crippen molar-refractivity contribution in [2.45, 2.75) is 13.5 Å².